The number of unbranched alkanes of at least 4 members (excludes halogenated alkanes) is 1. The topological polar surface area (TPSA) is 40.5 Å². The van der Waals surface area contributed by atoms with Gasteiger partial charge in [-0.15, -0.1) is 0 Å². The van der Waals surface area contributed by atoms with E-state index >= 15 is 0 Å². The second-order valence-corrected chi connectivity index (χ2v) is 6.27. The lowest BCUT2D eigenvalue weighted by molar-refractivity contribution is -0.145. The van der Waals surface area contributed by atoms with Crippen LogP contribution in [0.1, 0.15) is 50.5 Å². The molecule has 0 aromatic heterocycles. The third-order valence-electron chi connectivity index (χ3n) is 4.84. The first-order valence-corrected chi connectivity index (χ1v) is 8.11. The van der Waals surface area contributed by atoms with Crippen molar-refractivity contribution in [3.8, 4) is 0 Å². The normalized spacial score (nSPS) is 26.0. The first kappa shape index (κ1) is 16.0. The molecule has 3 nitrogen and oxygen atoms in total. The van der Waals surface area contributed by atoms with E-state index in [9.17, 15) is 9.90 Å². The van der Waals surface area contributed by atoms with Gasteiger partial charge in [0, 0.05) is 6.04 Å². The maximum atomic E-state index is 11.6. The van der Waals surface area contributed by atoms with Gasteiger partial charge in [-0.25, -0.2) is 0 Å². The molecule has 3 atom stereocenters. The molecule has 3 heteroatoms. The van der Waals surface area contributed by atoms with Crippen LogP contribution in [0.3, 0.4) is 0 Å². The predicted octanol–water partition coefficient (Wildman–Crippen LogP) is 3.76. The van der Waals surface area contributed by atoms with Crippen molar-refractivity contribution in [1.82, 2.24) is 4.90 Å². The molecular weight excluding hydrogens is 262 g/mol. The maximum absolute atomic E-state index is 11.6. The average Bonchev–Trinajstić information content (AvgIpc) is 2.52. The lowest BCUT2D eigenvalue weighted by Crippen LogP contribution is -2.45. The van der Waals surface area contributed by atoms with E-state index < -0.39 is 5.97 Å². The largest absolute Gasteiger partial charge is 0.481 e. The summed E-state index contributed by atoms with van der Waals surface area (Å²) >= 11 is 0. The molecule has 3 unspecified atom stereocenters. The molecular formula is C18H27NO2. The highest BCUT2D eigenvalue weighted by Crippen LogP contribution is 2.38. The van der Waals surface area contributed by atoms with Crippen molar-refractivity contribution in [3.05, 3.63) is 35.9 Å². The van der Waals surface area contributed by atoms with E-state index in [1.807, 2.05) is 6.07 Å². The molecule has 0 spiro atoms. The van der Waals surface area contributed by atoms with Crippen molar-refractivity contribution in [1.29, 1.82) is 0 Å². The number of carboxylic acids is 1. The number of nitrogens with zero attached hydrogens (tertiary/aromatic N) is 1. The van der Waals surface area contributed by atoms with E-state index in [0.717, 1.165) is 38.6 Å². The molecule has 2 rings (SSSR count). The summed E-state index contributed by atoms with van der Waals surface area (Å²) in [6.07, 6.45) is 5.02. The highest BCUT2D eigenvalue weighted by atomic mass is 16.4. The molecule has 1 N–H and O–H groups in total. The van der Waals surface area contributed by atoms with Gasteiger partial charge in [-0.2, -0.15) is 0 Å². The lowest BCUT2D eigenvalue weighted by Gasteiger charge is -2.39. The van der Waals surface area contributed by atoms with Crippen LogP contribution in [0.25, 0.3) is 0 Å². The number of hydrogen-bond donors (Lipinski definition) is 1. The van der Waals surface area contributed by atoms with Crippen molar-refractivity contribution in [2.45, 2.75) is 51.0 Å². The van der Waals surface area contributed by atoms with Crippen LogP contribution in [-0.2, 0) is 4.79 Å². The van der Waals surface area contributed by atoms with Gasteiger partial charge in [0.05, 0.1) is 5.92 Å². The van der Waals surface area contributed by atoms with Gasteiger partial charge in [0.15, 0.2) is 0 Å². The number of hydrogen-bond acceptors (Lipinski definition) is 2. The van der Waals surface area contributed by atoms with Crippen LogP contribution in [0.2, 0.25) is 0 Å². The molecule has 21 heavy (non-hydrogen) atoms. The molecule has 1 aliphatic carbocycles. The van der Waals surface area contributed by atoms with E-state index in [0.29, 0.717) is 5.92 Å². The average molecular weight is 289 g/mol. The quantitative estimate of drug-likeness (QED) is 0.867. The van der Waals surface area contributed by atoms with Crippen LogP contribution in [0.5, 0.6) is 0 Å². The first-order chi connectivity index (χ1) is 10.1. The van der Waals surface area contributed by atoms with Gasteiger partial charge >= 0.3 is 5.97 Å². The van der Waals surface area contributed by atoms with Gasteiger partial charge < -0.3 is 10.0 Å². The van der Waals surface area contributed by atoms with Crippen LogP contribution < -0.4 is 0 Å². The zero-order valence-corrected chi connectivity index (χ0v) is 13.2. The number of rotatable bonds is 6. The third kappa shape index (κ3) is 4.07. The molecule has 116 valence electrons. The molecule has 1 aromatic carbocycles. The molecule has 0 amide bonds. The molecule has 0 heterocycles. The van der Waals surface area contributed by atoms with Crippen molar-refractivity contribution in [2.75, 3.05) is 13.6 Å². The van der Waals surface area contributed by atoms with E-state index in [1.54, 1.807) is 0 Å². The van der Waals surface area contributed by atoms with Crippen LogP contribution in [0.15, 0.2) is 30.3 Å². The lowest BCUT2D eigenvalue weighted by atomic mass is 9.75. The molecule has 0 aliphatic heterocycles. The summed E-state index contributed by atoms with van der Waals surface area (Å²) in [5.74, 6) is -0.349. The van der Waals surface area contributed by atoms with Crippen LogP contribution in [-0.4, -0.2) is 35.6 Å². The minimum absolute atomic E-state index is 0.160. The van der Waals surface area contributed by atoms with E-state index in [1.165, 1.54) is 5.56 Å². The summed E-state index contributed by atoms with van der Waals surface area (Å²) in [5, 5.41) is 9.51. The zero-order chi connectivity index (χ0) is 15.2. The first-order valence-electron chi connectivity index (χ1n) is 8.11. The molecule has 1 saturated carbocycles. The maximum Gasteiger partial charge on any atom is 0.308 e. The standard InChI is InChI=1S/C18H27NO2/c1-3-4-12-19(2)17-13-15(10-11-16(17)18(20)21)14-8-6-5-7-9-14/h5-9,15-17H,3-4,10-13H2,1-2H3,(H,20,21). The van der Waals surface area contributed by atoms with Crippen LogP contribution in [0, 0.1) is 5.92 Å². The smallest absolute Gasteiger partial charge is 0.308 e. The van der Waals surface area contributed by atoms with Crippen LogP contribution >= 0.6 is 0 Å². The zero-order valence-electron chi connectivity index (χ0n) is 13.2. The summed E-state index contributed by atoms with van der Waals surface area (Å²) in [5.41, 5.74) is 1.36. The highest BCUT2D eigenvalue weighted by molar-refractivity contribution is 5.71. The number of carbonyl (C=O) groups is 1. The summed E-state index contributed by atoms with van der Waals surface area (Å²) in [6, 6.07) is 10.7. The Kier molecular flexibility index (Phi) is 5.80. The fraction of sp³-hybridized carbons (Fsp3) is 0.611. The van der Waals surface area contributed by atoms with Crippen molar-refractivity contribution in [2.24, 2.45) is 5.92 Å². The number of benzene rings is 1. The van der Waals surface area contributed by atoms with Crippen molar-refractivity contribution in [3.63, 3.8) is 0 Å². The van der Waals surface area contributed by atoms with Crippen molar-refractivity contribution >= 4 is 5.97 Å². The van der Waals surface area contributed by atoms with Gasteiger partial charge in [0.2, 0.25) is 0 Å². The number of carboxylic acid groups (broad SMARTS) is 1. The van der Waals surface area contributed by atoms with Gasteiger partial charge in [-0.3, -0.25) is 4.79 Å². The third-order valence-corrected chi connectivity index (χ3v) is 4.84. The highest BCUT2D eigenvalue weighted by Gasteiger charge is 2.37. The second kappa shape index (κ2) is 7.60. The molecule has 0 saturated heterocycles. The SMILES string of the molecule is CCCCN(C)C1CC(c2ccccc2)CCC1C(=O)O. The Hall–Kier alpha value is -1.35. The molecule has 0 radical (unpaired) electrons. The fourth-order valence-corrected chi connectivity index (χ4v) is 3.52. The predicted molar refractivity (Wildman–Crippen MR) is 85.5 cm³/mol. The Morgan fingerprint density at radius 1 is 1.29 bits per heavy atom. The summed E-state index contributed by atoms with van der Waals surface area (Å²) in [7, 11) is 2.09. The van der Waals surface area contributed by atoms with Gasteiger partial charge in [-0.1, -0.05) is 43.7 Å². The van der Waals surface area contributed by atoms with E-state index in [-0.39, 0.29) is 12.0 Å². The summed E-state index contributed by atoms with van der Waals surface area (Å²) < 4.78 is 0. The Morgan fingerprint density at radius 3 is 2.62 bits per heavy atom. The molecule has 1 fully saturated rings. The summed E-state index contributed by atoms with van der Waals surface area (Å²) in [4.78, 5) is 13.8. The minimum atomic E-state index is -0.630. The van der Waals surface area contributed by atoms with Crippen LogP contribution in [0.4, 0.5) is 0 Å². The minimum Gasteiger partial charge on any atom is -0.481 e. The Morgan fingerprint density at radius 2 is 2.00 bits per heavy atom. The molecule has 0 bridgehead atoms. The van der Waals surface area contributed by atoms with Gasteiger partial charge in [0.1, 0.15) is 0 Å². The van der Waals surface area contributed by atoms with E-state index in [4.69, 9.17) is 0 Å². The Balaban J connectivity index is 2.10. The Labute approximate surface area is 128 Å². The molecule has 1 aromatic rings. The number of aliphatic carboxylic acids is 1. The van der Waals surface area contributed by atoms with E-state index in [2.05, 4.69) is 43.1 Å². The molecule has 1 aliphatic rings. The van der Waals surface area contributed by atoms with Gasteiger partial charge in [0.25, 0.3) is 0 Å². The van der Waals surface area contributed by atoms with Gasteiger partial charge in [-0.05, 0) is 50.8 Å². The Bertz CT molecular complexity index is 446. The summed E-state index contributed by atoms with van der Waals surface area (Å²) in [6.45, 7) is 3.17. The fourth-order valence-electron chi connectivity index (χ4n) is 3.52. The van der Waals surface area contributed by atoms with Crippen molar-refractivity contribution < 1.29 is 9.90 Å². The second-order valence-electron chi connectivity index (χ2n) is 6.27. The monoisotopic (exact) mass is 289 g/mol.